The van der Waals surface area contributed by atoms with Gasteiger partial charge in [0.15, 0.2) is 5.82 Å². The van der Waals surface area contributed by atoms with Crippen molar-refractivity contribution in [2.24, 2.45) is 0 Å². The number of nitrogens with zero attached hydrogens (tertiary/aromatic N) is 5. The van der Waals surface area contributed by atoms with Crippen LogP contribution in [0.3, 0.4) is 0 Å². The molecule has 0 spiro atoms. The summed E-state index contributed by atoms with van der Waals surface area (Å²) in [4.78, 5) is 29.2. The summed E-state index contributed by atoms with van der Waals surface area (Å²) in [7, 11) is 0. The van der Waals surface area contributed by atoms with Gasteiger partial charge < -0.3 is 4.90 Å². The number of carbonyl (C=O) groups is 1. The van der Waals surface area contributed by atoms with Gasteiger partial charge in [0.1, 0.15) is 0 Å². The molecule has 2 aromatic heterocycles. The smallest absolute Gasteiger partial charge is 0.322 e. The Kier molecular flexibility index (Phi) is 4.70. The van der Waals surface area contributed by atoms with Crippen LogP contribution in [0.5, 0.6) is 0 Å². The molecule has 132 valence electrons. The van der Waals surface area contributed by atoms with Gasteiger partial charge in [-0.1, -0.05) is 24.3 Å². The number of pyridine rings is 1. The quantitative estimate of drug-likeness (QED) is 0.787. The SMILES string of the molecule is O=C(Nc1cnccn1)N1CCN(Cc2ccc3ccccc3n2)CC1. The van der Waals surface area contributed by atoms with Gasteiger partial charge in [0.25, 0.3) is 0 Å². The molecule has 0 unspecified atom stereocenters. The van der Waals surface area contributed by atoms with Gasteiger partial charge in [0, 0.05) is 50.5 Å². The number of aromatic nitrogens is 3. The van der Waals surface area contributed by atoms with E-state index >= 15 is 0 Å². The molecule has 0 bridgehead atoms. The molecule has 1 aliphatic heterocycles. The van der Waals surface area contributed by atoms with E-state index in [0.717, 1.165) is 36.2 Å². The standard InChI is InChI=1S/C19H20N6O/c26-19(23-18-13-20-7-8-21-18)25-11-9-24(10-12-25)14-16-6-5-15-3-1-2-4-17(15)22-16/h1-8,13H,9-12,14H2,(H,21,23,26). The average Bonchev–Trinajstić information content (AvgIpc) is 2.69. The fraction of sp³-hybridized carbons (Fsp3) is 0.263. The first-order chi connectivity index (χ1) is 12.8. The summed E-state index contributed by atoms with van der Waals surface area (Å²) in [5.74, 6) is 0.472. The van der Waals surface area contributed by atoms with Crippen LogP contribution >= 0.6 is 0 Å². The first kappa shape index (κ1) is 16.4. The maximum Gasteiger partial charge on any atom is 0.323 e. The average molecular weight is 348 g/mol. The van der Waals surface area contributed by atoms with E-state index in [1.807, 2.05) is 18.2 Å². The Hall–Kier alpha value is -3.06. The van der Waals surface area contributed by atoms with Gasteiger partial charge in [-0.05, 0) is 12.1 Å². The zero-order valence-electron chi connectivity index (χ0n) is 14.4. The molecule has 0 aliphatic carbocycles. The molecule has 1 N–H and O–H groups in total. The number of carbonyl (C=O) groups excluding carboxylic acids is 1. The molecule has 0 radical (unpaired) electrons. The van der Waals surface area contributed by atoms with Gasteiger partial charge in [0.2, 0.25) is 0 Å². The zero-order chi connectivity index (χ0) is 17.8. The Balaban J connectivity index is 1.32. The van der Waals surface area contributed by atoms with Crippen molar-refractivity contribution in [1.29, 1.82) is 0 Å². The van der Waals surface area contributed by atoms with Gasteiger partial charge in [0.05, 0.1) is 17.4 Å². The molecule has 3 aromatic rings. The first-order valence-corrected chi connectivity index (χ1v) is 8.67. The van der Waals surface area contributed by atoms with E-state index in [9.17, 15) is 4.79 Å². The number of amides is 2. The minimum Gasteiger partial charge on any atom is -0.322 e. The van der Waals surface area contributed by atoms with E-state index < -0.39 is 0 Å². The fourth-order valence-corrected chi connectivity index (χ4v) is 3.09. The summed E-state index contributed by atoms with van der Waals surface area (Å²) >= 11 is 0. The van der Waals surface area contributed by atoms with Crippen molar-refractivity contribution in [2.45, 2.75) is 6.54 Å². The van der Waals surface area contributed by atoms with Crippen molar-refractivity contribution in [3.63, 3.8) is 0 Å². The summed E-state index contributed by atoms with van der Waals surface area (Å²) < 4.78 is 0. The Bertz CT molecular complexity index is 893. The third-order valence-corrected chi connectivity index (χ3v) is 4.50. The summed E-state index contributed by atoms with van der Waals surface area (Å²) in [5, 5.41) is 3.93. The highest BCUT2D eigenvalue weighted by Gasteiger charge is 2.21. The molecule has 4 rings (SSSR count). The number of rotatable bonds is 3. The van der Waals surface area contributed by atoms with Crippen LogP contribution in [0.2, 0.25) is 0 Å². The van der Waals surface area contributed by atoms with Crippen LogP contribution in [-0.2, 0) is 6.54 Å². The van der Waals surface area contributed by atoms with Crippen LogP contribution in [0.1, 0.15) is 5.69 Å². The number of hydrogen-bond donors (Lipinski definition) is 1. The van der Waals surface area contributed by atoms with E-state index in [1.165, 1.54) is 0 Å². The van der Waals surface area contributed by atoms with E-state index in [4.69, 9.17) is 4.98 Å². The second kappa shape index (κ2) is 7.45. The molecule has 1 fully saturated rings. The topological polar surface area (TPSA) is 74.2 Å². The van der Waals surface area contributed by atoms with Crippen LogP contribution < -0.4 is 5.32 Å². The summed E-state index contributed by atoms with van der Waals surface area (Å²) in [6.07, 6.45) is 4.68. The van der Waals surface area contributed by atoms with Crippen molar-refractivity contribution in [1.82, 2.24) is 24.8 Å². The molecular formula is C19H20N6O. The van der Waals surface area contributed by atoms with Crippen molar-refractivity contribution in [2.75, 3.05) is 31.5 Å². The lowest BCUT2D eigenvalue weighted by Gasteiger charge is -2.34. The van der Waals surface area contributed by atoms with Crippen molar-refractivity contribution in [3.05, 3.63) is 60.7 Å². The molecule has 7 heteroatoms. The number of hydrogen-bond acceptors (Lipinski definition) is 5. The van der Waals surface area contributed by atoms with Crippen molar-refractivity contribution in [3.8, 4) is 0 Å². The lowest BCUT2D eigenvalue weighted by atomic mass is 10.2. The maximum absolute atomic E-state index is 12.3. The molecule has 0 saturated carbocycles. The van der Waals surface area contributed by atoms with E-state index in [1.54, 1.807) is 23.5 Å². The van der Waals surface area contributed by atoms with Crippen LogP contribution in [-0.4, -0.2) is 57.0 Å². The number of benzene rings is 1. The Morgan fingerprint density at radius 3 is 2.69 bits per heavy atom. The third-order valence-electron chi connectivity index (χ3n) is 4.50. The predicted octanol–water partition coefficient (Wildman–Crippen LogP) is 2.37. The highest BCUT2D eigenvalue weighted by Crippen LogP contribution is 2.14. The largest absolute Gasteiger partial charge is 0.323 e. The normalized spacial score (nSPS) is 15.2. The summed E-state index contributed by atoms with van der Waals surface area (Å²) in [6.45, 7) is 3.80. The van der Waals surface area contributed by atoms with Gasteiger partial charge in [-0.25, -0.2) is 9.78 Å². The Morgan fingerprint density at radius 2 is 1.88 bits per heavy atom. The van der Waals surface area contributed by atoms with Crippen molar-refractivity contribution >= 4 is 22.8 Å². The molecule has 3 heterocycles. The van der Waals surface area contributed by atoms with E-state index in [0.29, 0.717) is 18.9 Å². The number of para-hydroxylation sites is 1. The molecular weight excluding hydrogens is 328 g/mol. The van der Waals surface area contributed by atoms with Crippen LogP contribution in [0.4, 0.5) is 10.6 Å². The van der Waals surface area contributed by atoms with Crippen molar-refractivity contribution < 1.29 is 4.79 Å². The van der Waals surface area contributed by atoms with Crippen LogP contribution in [0.25, 0.3) is 10.9 Å². The molecule has 1 saturated heterocycles. The molecule has 7 nitrogen and oxygen atoms in total. The molecule has 26 heavy (non-hydrogen) atoms. The second-order valence-corrected chi connectivity index (χ2v) is 6.28. The number of urea groups is 1. The monoisotopic (exact) mass is 348 g/mol. The number of nitrogens with one attached hydrogen (secondary N) is 1. The zero-order valence-corrected chi connectivity index (χ0v) is 14.4. The third kappa shape index (κ3) is 3.78. The maximum atomic E-state index is 12.3. The second-order valence-electron chi connectivity index (χ2n) is 6.28. The number of anilines is 1. The summed E-state index contributed by atoms with van der Waals surface area (Å²) in [5.41, 5.74) is 2.08. The highest BCUT2D eigenvalue weighted by molar-refractivity contribution is 5.88. The minimum atomic E-state index is -0.131. The molecule has 0 atom stereocenters. The fourth-order valence-electron chi connectivity index (χ4n) is 3.09. The summed E-state index contributed by atoms with van der Waals surface area (Å²) in [6, 6.07) is 12.2. The predicted molar refractivity (Wildman–Crippen MR) is 99.6 cm³/mol. The van der Waals surface area contributed by atoms with E-state index in [-0.39, 0.29) is 6.03 Å². The Morgan fingerprint density at radius 1 is 1.04 bits per heavy atom. The molecule has 2 amide bonds. The van der Waals surface area contributed by atoms with Crippen LogP contribution in [0.15, 0.2) is 55.0 Å². The first-order valence-electron chi connectivity index (χ1n) is 8.67. The van der Waals surface area contributed by atoms with Gasteiger partial charge in [-0.3, -0.25) is 20.2 Å². The minimum absolute atomic E-state index is 0.131. The van der Waals surface area contributed by atoms with Gasteiger partial charge in [-0.15, -0.1) is 0 Å². The highest BCUT2D eigenvalue weighted by atomic mass is 16.2. The molecule has 1 aliphatic rings. The van der Waals surface area contributed by atoms with Gasteiger partial charge >= 0.3 is 6.03 Å². The molecule has 1 aromatic carbocycles. The van der Waals surface area contributed by atoms with Crippen LogP contribution in [0, 0.1) is 0 Å². The Labute approximate surface area is 151 Å². The van der Waals surface area contributed by atoms with Gasteiger partial charge in [-0.2, -0.15) is 0 Å². The lowest BCUT2D eigenvalue weighted by molar-refractivity contribution is 0.142. The number of piperazine rings is 1. The van der Waals surface area contributed by atoms with E-state index in [2.05, 4.69) is 38.4 Å². The lowest BCUT2D eigenvalue weighted by Crippen LogP contribution is -2.49. The number of fused-ring (bicyclic) bond motifs is 1.